The van der Waals surface area contributed by atoms with E-state index < -0.39 is 11.4 Å². The molecule has 0 aromatic heterocycles. The van der Waals surface area contributed by atoms with Crippen molar-refractivity contribution in [2.45, 2.75) is 19.3 Å². The molecule has 1 atom stereocenters. The summed E-state index contributed by atoms with van der Waals surface area (Å²) in [6, 6.07) is 0. The van der Waals surface area contributed by atoms with E-state index in [4.69, 9.17) is 4.55 Å². The Morgan fingerprint density at radius 3 is 2.70 bits per heavy atom. The first-order chi connectivity index (χ1) is 4.77. The SMILES string of the molecule is O=CCCCCOS(=O)O. The van der Waals surface area contributed by atoms with Crippen molar-refractivity contribution >= 4 is 17.6 Å². The number of rotatable bonds is 6. The van der Waals surface area contributed by atoms with Gasteiger partial charge in [-0.2, -0.15) is 4.21 Å². The van der Waals surface area contributed by atoms with Crippen LogP contribution >= 0.6 is 0 Å². The van der Waals surface area contributed by atoms with Crippen LogP contribution in [0.5, 0.6) is 0 Å². The second kappa shape index (κ2) is 6.85. The first kappa shape index (κ1) is 9.74. The third-order valence-electron chi connectivity index (χ3n) is 0.900. The molecule has 5 heteroatoms. The van der Waals surface area contributed by atoms with E-state index in [1.807, 2.05) is 0 Å². The molecule has 0 saturated heterocycles. The lowest BCUT2D eigenvalue weighted by Crippen LogP contribution is -1.97. The number of hydrogen-bond donors (Lipinski definition) is 1. The normalized spacial score (nSPS) is 12.9. The minimum absolute atomic E-state index is 0.233. The first-order valence-corrected chi connectivity index (χ1v) is 3.98. The summed E-state index contributed by atoms with van der Waals surface area (Å²) in [5.74, 6) is 0. The predicted octanol–water partition coefficient (Wildman–Crippen LogP) is 0.509. The van der Waals surface area contributed by atoms with Crippen LogP contribution in [-0.2, 0) is 20.3 Å². The van der Waals surface area contributed by atoms with Crippen LogP contribution in [0.1, 0.15) is 19.3 Å². The Balaban J connectivity index is 2.90. The minimum Gasteiger partial charge on any atom is -0.303 e. The molecule has 0 fully saturated rings. The molecule has 0 rings (SSSR count). The summed E-state index contributed by atoms with van der Waals surface area (Å²) in [6.07, 6.45) is 2.66. The molecule has 0 heterocycles. The molecule has 0 saturated carbocycles. The van der Waals surface area contributed by atoms with Crippen LogP contribution in [0.2, 0.25) is 0 Å². The van der Waals surface area contributed by atoms with E-state index in [-0.39, 0.29) is 6.61 Å². The molecule has 10 heavy (non-hydrogen) atoms. The second-order valence-corrected chi connectivity index (χ2v) is 2.37. The first-order valence-electron chi connectivity index (χ1n) is 2.95. The lowest BCUT2D eigenvalue weighted by atomic mass is 10.3. The molecule has 0 aliphatic heterocycles. The van der Waals surface area contributed by atoms with Gasteiger partial charge < -0.3 is 4.79 Å². The van der Waals surface area contributed by atoms with Gasteiger partial charge in [0.15, 0.2) is 0 Å². The van der Waals surface area contributed by atoms with Gasteiger partial charge in [-0.15, -0.1) is 0 Å². The van der Waals surface area contributed by atoms with E-state index in [0.29, 0.717) is 19.3 Å². The van der Waals surface area contributed by atoms with Gasteiger partial charge in [0.2, 0.25) is 0 Å². The summed E-state index contributed by atoms with van der Waals surface area (Å²) in [5.41, 5.74) is 0. The quantitative estimate of drug-likeness (QED) is 0.355. The fraction of sp³-hybridized carbons (Fsp3) is 0.800. The maximum absolute atomic E-state index is 9.85. The Hall–Kier alpha value is -0.260. The summed E-state index contributed by atoms with van der Waals surface area (Å²) < 4.78 is 22.2. The molecule has 1 unspecified atom stereocenters. The summed E-state index contributed by atoms with van der Waals surface area (Å²) in [6.45, 7) is 0.233. The monoisotopic (exact) mass is 166 g/mol. The molecule has 4 nitrogen and oxygen atoms in total. The molecule has 0 bridgehead atoms. The maximum atomic E-state index is 9.85. The van der Waals surface area contributed by atoms with Crippen molar-refractivity contribution in [3.63, 3.8) is 0 Å². The molecule has 60 valence electrons. The van der Waals surface area contributed by atoms with Crippen molar-refractivity contribution in [3.05, 3.63) is 0 Å². The number of aldehydes is 1. The molecule has 0 aromatic carbocycles. The van der Waals surface area contributed by atoms with Crippen molar-refractivity contribution in [1.29, 1.82) is 0 Å². The van der Waals surface area contributed by atoms with Crippen LogP contribution in [0.4, 0.5) is 0 Å². The molecule has 0 amide bonds. The van der Waals surface area contributed by atoms with Gasteiger partial charge in [-0.25, -0.2) is 0 Å². The smallest absolute Gasteiger partial charge is 0.301 e. The van der Waals surface area contributed by atoms with Crippen LogP contribution in [0.15, 0.2) is 0 Å². The fourth-order valence-electron chi connectivity index (χ4n) is 0.460. The third kappa shape index (κ3) is 7.74. The molecular formula is C5H10O4S. The summed E-state index contributed by atoms with van der Waals surface area (Å²) in [4.78, 5) is 9.75. The van der Waals surface area contributed by atoms with Crippen molar-refractivity contribution in [3.8, 4) is 0 Å². The van der Waals surface area contributed by atoms with E-state index in [2.05, 4.69) is 4.18 Å². The van der Waals surface area contributed by atoms with Crippen molar-refractivity contribution in [2.75, 3.05) is 6.61 Å². The number of carbonyl (C=O) groups excluding carboxylic acids is 1. The van der Waals surface area contributed by atoms with Gasteiger partial charge in [0, 0.05) is 6.42 Å². The average molecular weight is 166 g/mol. The Morgan fingerprint density at radius 1 is 1.50 bits per heavy atom. The lowest BCUT2D eigenvalue weighted by Gasteiger charge is -1.94. The van der Waals surface area contributed by atoms with Crippen molar-refractivity contribution < 1.29 is 17.7 Å². The molecule has 0 radical (unpaired) electrons. The van der Waals surface area contributed by atoms with E-state index in [1.165, 1.54) is 0 Å². The van der Waals surface area contributed by atoms with Gasteiger partial charge in [0.05, 0.1) is 6.61 Å². The van der Waals surface area contributed by atoms with Crippen LogP contribution in [-0.4, -0.2) is 21.7 Å². The van der Waals surface area contributed by atoms with Gasteiger partial charge >= 0.3 is 11.4 Å². The highest BCUT2D eigenvalue weighted by Crippen LogP contribution is 1.93. The Kier molecular flexibility index (Phi) is 6.68. The Bertz CT molecular complexity index is 114. The number of carbonyl (C=O) groups is 1. The largest absolute Gasteiger partial charge is 0.303 e. The summed E-state index contributed by atoms with van der Waals surface area (Å²) in [7, 11) is 0. The lowest BCUT2D eigenvalue weighted by molar-refractivity contribution is -0.107. The summed E-state index contributed by atoms with van der Waals surface area (Å²) >= 11 is -2.16. The standard InChI is InChI=1S/C5H10O4S/c6-4-2-1-3-5-9-10(7)8/h4H,1-3,5H2,(H,7,8). The van der Waals surface area contributed by atoms with Gasteiger partial charge in [-0.1, -0.05) is 0 Å². The van der Waals surface area contributed by atoms with E-state index in [9.17, 15) is 9.00 Å². The molecule has 0 aliphatic rings. The van der Waals surface area contributed by atoms with E-state index >= 15 is 0 Å². The zero-order valence-electron chi connectivity index (χ0n) is 5.49. The number of hydrogen-bond acceptors (Lipinski definition) is 3. The molecule has 0 spiro atoms. The fourth-order valence-corrected chi connectivity index (χ4v) is 0.720. The van der Waals surface area contributed by atoms with Crippen LogP contribution in [0.3, 0.4) is 0 Å². The van der Waals surface area contributed by atoms with E-state index in [1.54, 1.807) is 0 Å². The van der Waals surface area contributed by atoms with Gasteiger partial charge in [-0.05, 0) is 12.8 Å². The highest BCUT2D eigenvalue weighted by Gasteiger charge is 1.92. The highest BCUT2D eigenvalue weighted by atomic mass is 32.2. The van der Waals surface area contributed by atoms with E-state index in [0.717, 1.165) is 6.29 Å². The minimum atomic E-state index is -2.16. The van der Waals surface area contributed by atoms with Crippen LogP contribution < -0.4 is 0 Å². The predicted molar refractivity (Wildman–Crippen MR) is 36.6 cm³/mol. The Morgan fingerprint density at radius 2 is 2.20 bits per heavy atom. The average Bonchev–Trinajstić information content (AvgIpc) is 1.87. The molecule has 0 aliphatic carbocycles. The number of unbranched alkanes of at least 4 members (excludes halogenated alkanes) is 2. The zero-order valence-corrected chi connectivity index (χ0v) is 6.30. The van der Waals surface area contributed by atoms with Gasteiger partial charge in [-0.3, -0.25) is 8.74 Å². The molecule has 1 N–H and O–H groups in total. The highest BCUT2D eigenvalue weighted by molar-refractivity contribution is 7.74. The molecular weight excluding hydrogens is 156 g/mol. The van der Waals surface area contributed by atoms with Gasteiger partial charge in [0.1, 0.15) is 6.29 Å². The van der Waals surface area contributed by atoms with Crippen LogP contribution in [0.25, 0.3) is 0 Å². The maximum Gasteiger partial charge on any atom is 0.301 e. The Labute approximate surface area is 62.1 Å². The third-order valence-corrected chi connectivity index (χ3v) is 1.27. The van der Waals surface area contributed by atoms with Gasteiger partial charge in [0.25, 0.3) is 0 Å². The zero-order chi connectivity index (χ0) is 7.82. The summed E-state index contributed by atoms with van der Waals surface area (Å²) in [5, 5.41) is 0. The van der Waals surface area contributed by atoms with Crippen molar-refractivity contribution in [1.82, 2.24) is 0 Å². The van der Waals surface area contributed by atoms with Crippen LogP contribution in [0, 0.1) is 0 Å². The van der Waals surface area contributed by atoms with Crippen molar-refractivity contribution in [2.24, 2.45) is 0 Å². The second-order valence-electron chi connectivity index (χ2n) is 1.70. The molecule has 0 aromatic rings. The topological polar surface area (TPSA) is 63.6 Å².